The first kappa shape index (κ1) is 18.7. The minimum Gasteiger partial charge on any atom is -0.336 e. The highest BCUT2D eigenvalue weighted by Gasteiger charge is 2.34. The van der Waals surface area contributed by atoms with Crippen LogP contribution >= 0.6 is 0 Å². The average molecular weight is 364 g/mol. The summed E-state index contributed by atoms with van der Waals surface area (Å²) in [5.41, 5.74) is -1.04. The van der Waals surface area contributed by atoms with Crippen molar-refractivity contribution < 1.29 is 26.4 Å². The van der Waals surface area contributed by atoms with E-state index in [1.807, 2.05) is 13.8 Å². The van der Waals surface area contributed by atoms with Crippen molar-refractivity contribution in [2.24, 2.45) is 0 Å². The zero-order valence-electron chi connectivity index (χ0n) is 13.4. The van der Waals surface area contributed by atoms with Crippen LogP contribution in [0.2, 0.25) is 0 Å². The van der Waals surface area contributed by atoms with Gasteiger partial charge in [-0.3, -0.25) is 4.79 Å². The minimum atomic E-state index is -4.59. The van der Waals surface area contributed by atoms with Gasteiger partial charge in [0.1, 0.15) is 5.75 Å². The van der Waals surface area contributed by atoms with Gasteiger partial charge in [-0.05, 0) is 45.2 Å². The number of halogens is 3. The van der Waals surface area contributed by atoms with Gasteiger partial charge < -0.3 is 4.90 Å². The van der Waals surface area contributed by atoms with Gasteiger partial charge in [0.2, 0.25) is 15.7 Å². The number of nitrogens with zero attached hydrogens (tertiary/aromatic N) is 2. The van der Waals surface area contributed by atoms with Crippen LogP contribution in [-0.4, -0.2) is 42.0 Å². The second kappa shape index (κ2) is 6.70. The zero-order chi connectivity index (χ0) is 18.1. The number of alkyl halides is 3. The molecule has 0 aliphatic carbocycles. The fourth-order valence-electron chi connectivity index (χ4n) is 2.96. The predicted molar refractivity (Wildman–Crippen MR) is 80.9 cm³/mol. The first-order chi connectivity index (χ1) is 11.0. The highest BCUT2D eigenvalue weighted by molar-refractivity contribution is 7.92. The lowest BCUT2D eigenvalue weighted by Crippen LogP contribution is -2.49. The molecule has 134 valence electrons. The Hall–Kier alpha value is -1.64. The lowest BCUT2D eigenvalue weighted by atomic mass is 9.98. The SMILES string of the molecule is CC1CCCC(C)N1C(=O)CS(=O)(=O)c1ccc(C(F)(F)F)cn1. The quantitative estimate of drug-likeness (QED) is 0.827. The van der Waals surface area contributed by atoms with Crippen molar-refractivity contribution in [1.29, 1.82) is 0 Å². The lowest BCUT2D eigenvalue weighted by Gasteiger charge is -2.39. The van der Waals surface area contributed by atoms with E-state index in [2.05, 4.69) is 4.98 Å². The Labute approximate surface area is 138 Å². The average Bonchev–Trinajstić information content (AvgIpc) is 2.45. The van der Waals surface area contributed by atoms with Crippen LogP contribution in [0.1, 0.15) is 38.7 Å². The summed E-state index contributed by atoms with van der Waals surface area (Å²) in [6.07, 6.45) is -1.56. The van der Waals surface area contributed by atoms with Gasteiger partial charge in [0, 0.05) is 18.3 Å². The fraction of sp³-hybridized carbons (Fsp3) is 0.600. The van der Waals surface area contributed by atoms with Gasteiger partial charge in [0.15, 0.2) is 5.03 Å². The third-order valence-corrected chi connectivity index (χ3v) is 5.68. The summed E-state index contributed by atoms with van der Waals surface area (Å²) >= 11 is 0. The van der Waals surface area contributed by atoms with Gasteiger partial charge in [-0.25, -0.2) is 13.4 Å². The van der Waals surface area contributed by atoms with Crippen LogP contribution in [0.25, 0.3) is 0 Å². The number of hydrogen-bond donors (Lipinski definition) is 0. The molecule has 9 heteroatoms. The van der Waals surface area contributed by atoms with Crippen LogP contribution in [0.15, 0.2) is 23.4 Å². The van der Waals surface area contributed by atoms with Crippen LogP contribution in [0, 0.1) is 0 Å². The number of amides is 1. The van der Waals surface area contributed by atoms with E-state index in [0.29, 0.717) is 12.3 Å². The largest absolute Gasteiger partial charge is 0.417 e. The van der Waals surface area contributed by atoms with Crippen molar-refractivity contribution in [2.45, 2.75) is 56.4 Å². The number of likely N-dealkylation sites (tertiary alicyclic amines) is 1. The second-order valence-corrected chi connectivity index (χ2v) is 8.01. The number of hydrogen-bond acceptors (Lipinski definition) is 4. The van der Waals surface area contributed by atoms with Gasteiger partial charge in [-0.15, -0.1) is 0 Å². The molecule has 1 fully saturated rings. The molecule has 2 atom stereocenters. The molecule has 5 nitrogen and oxygen atoms in total. The molecule has 1 aliphatic rings. The Kier molecular flexibility index (Phi) is 5.22. The Morgan fingerprint density at radius 2 is 1.83 bits per heavy atom. The van der Waals surface area contributed by atoms with Crippen molar-refractivity contribution in [2.75, 3.05) is 5.75 Å². The highest BCUT2D eigenvalue weighted by atomic mass is 32.2. The third-order valence-electron chi connectivity index (χ3n) is 4.18. The molecular weight excluding hydrogens is 345 g/mol. The van der Waals surface area contributed by atoms with Crippen molar-refractivity contribution in [1.82, 2.24) is 9.88 Å². The number of rotatable bonds is 3. The molecule has 0 saturated carbocycles. The van der Waals surface area contributed by atoms with Crippen LogP contribution in [0.3, 0.4) is 0 Å². The zero-order valence-corrected chi connectivity index (χ0v) is 14.2. The molecule has 1 aliphatic heterocycles. The Morgan fingerprint density at radius 3 is 2.29 bits per heavy atom. The van der Waals surface area contributed by atoms with Crippen LogP contribution in [0.5, 0.6) is 0 Å². The van der Waals surface area contributed by atoms with Crippen molar-refractivity contribution in [3.05, 3.63) is 23.9 Å². The summed E-state index contributed by atoms with van der Waals surface area (Å²) < 4.78 is 62.1. The maximum absolute atomic E-state index is 12.5. The first-order valence-electron chi connectivity index (χ1n) is 7.59. The van der Waals surface area contributed by atoms with Gasteiger partial charge in [0.25, 0.3) is 0 Å². The highest BCUT2D eigenvalue weighted by Crippen LogP contribution is 2.29. The summed E-state index contributed by atoms with van der Waals surface area (Å²) in [7, 11) is -4.09. The van der Waals surface area contributed by atoms with Crippen LogP contribution in [-0.2, 0) is 20.8 Å². The molecule has 1 amide bonds. The molecule has 0 aromatic carbocycles. The number of aromatic nitrogens is 1. The summed E-state index contributed by atoms with van der Waals surface area (Å²) in [6, 6.07) is 1.32. The van der Waals surface area contributed by atoms with Crippen molar-refractivity contribution in [3.63, 3.8) is 0 Å². The summed E-state index contributed by atoms with van der Waals surface area (Å²) in [5, 5.41) is -0.527. The molecule has 0 bridgehead atoms. The molecule has 0 N–H and O–H groups in total. The molecule has 24 heavy (non-hydrogen) atoms. The van der Waals surface area contributed by atoms with E-state index in [-0.39, 0.29) is 12.1 Å². The van der Waals surface area contributed by atoms with E-state index < -0.39 is 38.3 Å². The van der Waals surface area contributed by atoms with Crippen LogP contribution < -0.4 is 0 Å². The number of pyridine rings is 1. The molecular formula is C15H19F3N2O3S. The Morgan fingerprint density at radius 1 is 1.25 bits per heavy atom. The molecule has 1 saturated heterocycles. The number of piperidine rings is 1. The number of carbonyl (C=O) groups is 1. The van der Waals surface area contributed by atoms with E-state index >= 15 is 0 Å². The standard InChI is InChI=1S/C15H19F3N2O3S/c1-10-4-3-5-11(2)20(10)14(21)9-24(22,23)13-7-6-12(8-19-13)15(16,17)18/h6-8,10-11H,3-5,9H2,1-2H3. The van der Waals surface area contributed by atoms with E-state index in [1.54, 1.807) is 4.90 Å². The molecule has 0 spiro atoms. The van der Waals surface area contributed by atoms with E-state index in [0.717, 1.165) is 25.3 Å². The molecule has 2 heterocycles. The van der Waals surface area contributed by atoms with Gasteiger partial charge >= 0.3 is 6.18 Å². The summed E-state index contributed by atoms with van der Waals surface area (Å²) in [4.78, 5) is 17.3. The van der Waals surface area contributed by atoms with E-state index in [4.69, 9.17) is 0 Å². The van der Waals surface area contributed by atoms with Gasteiger partial charge in [-0.2, -0.15) is 13.2 Å². The third kappa shape index (κ3) is 4.06. The topological polar surface area (TPSA) is 67.3 Å². The monoisotopic (exact) mass is 364 g/mol. The molecule has 2 unspecified atom stereocenters. The summed E-state index contributed by atoms with van der Waals surface area (Å²) in [6.45, 7) is 3.72. The second-order valence-electron chi connectivity index (χ2n) is 6.07. The van der Waals surface area contributed by atoms with Crippen molar-refractivity contribution in [3.8, 4) is 0 Å². The van der Waals surface area contributed by atoms with E-state index in [9.17, 15) is 26.4 Å². The number of carbonyl (C=O) groups excluding carboxylic acids is 1. The molecule has 2 rings (SSSR count). The Balaban J connectivity index is 2.17. The molecule has 0 radical (unpaired) electrons. The fourth-order valence-corrected chi connectivity index (χ4v) is 4.07. The smallest absolute Gasteiger partial charge is 0.336 e. The maximum atomic E-state index is 12.5. The maximum Gasteiger partial charge on any atom is 0.417 e. The normalized spacial score (nSPS) is 22.5. The first-order valence-corrected chi connectivity index (χ1v) is 9.25. The van der Waals surface area contributed by atoms with Crippen LogP contribution in [0.4, 0.5) is 13.2 Å². The molecule has 1 aromatic heterocycles. The molecule has 1 aromatic rings. The predicted octanol–water partition coefficient (Wildman–Crippen LogP) is 2.66. The lowest BCUT2D eigenvalue weighted by molar-refractivity contribution is -0.138. The van der Waals surface area contributed by atoms with E-state index in [1.165, 1.54) is 0 Å². The minimum absolute atomic E-state index is 0.0583. The summed E-state index contributed by atoms with van der Waals surface area (Å²) in [5.74, 6) is -1.34. The van der Waals surface area contributed by atoms with Gasteiger partial charge in [0.05, 0.1) is 5.56 Å². The number of sulfone groups is 1. The van der Waals surface area contributed by atoms with Gasteiger partial charge in [-0.1, -0.05) is 0 Å². The van der Waals surface area contributed by atoms with Crippen molar-refractivity contribution >= 4 is 15.7 Å². The Bertz CT molecular complexity index is 692.